The highest BCUT2D eigenvalue weighted by molar-refractivity contribution is 5.99. The molecule has 0 saturated carbocycles. The number of nitrogen functional groups attached to an aromatic ring is 1. The summed E-state index contributed by atoms with van der Waals surface area (Å²) in [5.74, 6) is 0.0199. The lowest BCUT2D eigenvalue weighted by Gasteiger charge is -2.05. The Balaban J connectivity index is 1.92. The Bertz CT molecular complexity index is 536. The molecule has 0 aliphatic carbocycles. The number of anilines is 1. The molecular weight excluding hydrogens is 232 g/mol. The Morgan fingerprint density at radius 2 is 2.39 bits per heavy atom. The number of nitrogens with one attached hydrogen (secondary N) is 2. The lowest BCUT2D eigenvalue weighted by molar-refractivity contribution is 0.0954. The molecular formula is C11H16N6O. The Hall–Kier alpha value is -2.31. The van der Waals surface area contributed by atoms with Gasteiger partial charge in [-0.1, -0.05) is 0 Å². The zero-order valence-corrected chi connectivity index (χ0v) is 10.4. The zero-order valence-electron chi connectivity index (χ0n) is 10.4. The summed E-state index contributed by atoms with van der Waals surface area (Å²) in [7, 11) is 1.87. The molecule has 0 saturated heterocycles. The molecule has 4 N–H and O–H groups in total. The predicted octanol–water partition coefficient (Wildman–Crippen LogP) is 0.00632. The minimum atomic E-state index is -0.207. The van der Waals surface area contributed by atoms with Crippen molar-refractivity contribution in [2.75, 3.05) is 12.3 Å². The van der Waals surface area contributed by atoms with E-state index in [1.165, 1.54) is 0 Å². The second kappa shape index (κ2) is 4.91. The molecule has 1 amide bonds. The first-order valence-corrected chi connectivity index (χ1v) is 5.65. The smallest absolute Gasteiger partial charge is 0.256 e. The number of H-pyrrole nitrogens is 1. The van der Waals surface area contributed by atoms with Crippen LogP contribution < -0.4 is 11.1 Å². The molecule has 0 aromatic carbocycles. The van der Waals surface area contributed by atoms with Gasteiger partial charge in [0.15, 0.2) is 5.82 Å². The molecule has 7 heteroatoms. The quantitative estimate of drug-likeness (QED) is 0.709. The Morgan fingerprint density at radius 3 is 2.94 bits per heavy atom. The lowest BCUT2D eigenvalue weighted by Crippen LogP contribution is -2.27. The van der Waals surface area contributed by atoms with Crippen molar-refractivity contribution >= 4 is 11.7 Å². The maximum absolute atomic E-state index is 11.9. The number of carbonyl (C=O) groups excluding carboxylic acids is 1. The van der Waals surface area contributed by atoms with E-state index in [9.17, 15) is 4.79 Å². The van der Waals surface area contributed by atoms with E-state index in [0.29, 0.717) is 17.8 Å². The van der Waals surface area contributed by atoms with Crippen LogP contribution in [0.25, 0.3) is 0 Å². The van der Waals surface area contributed by atoms with E-state index in [1.807, 2.05) is 13.1 Å². The molecule has 18 heavy (non-hydrogen) atoms. The number of hydrogen-bond donors (Lipinski definition) is 3. The molecule has 0 atom stereocenters. The van der Waals surface area contributed by atoms with Crippen LogP contribution in [0.2, 0.25) is 0 Å². The summed E-state index contributed by atoms with van der Waals surface area (Å²) in [5, 5.41) is 13.3. The number of rotatable bonds is 4. The summed E-state index contributed by atoms with van der Waals surface area (Å²) in [6, 6.07) is 1.92. The van der Waals surface area contributed by atoms with Crippen molar-refractivity contribution in [2.24, 2.45) is 7.05 Å². The average Bonchev–Trinajstić information content (AvgIpc) is 2.86. The van der Waals surface area contributed by atoms with Crippen molar-refractivity contribution in [1.29, 1.82) is 0 Å². The first-order valence-electron chi connectivity index (χ1n) is 5.65. The fourth-order valence-corrected chi connectivity index (χ4v) is 1.77. The van der Waals surface area contributed by atoms with Crippen molar-refractivity contribution in [2.45, 2.75) is 13.3 Å². The first-order chi connectivity index (χ1) is 8.59. The van der Waals surface area contributed by atoms with Crippen molar-refractivity contribution in [3.05, 3.63) is 29.2 Å². The van der Waals surface area contributed by atoms with E-state index >= 15 is 0 Å². The molecule has 0 radical (unpaired) electrons. The molecule has 2 heterocycles. The van der Waals surface area contributed by atoms with Crippen LogP contribution in [-0.4, -0.2) is 32.4 Å². The molecule has 0 aliphatic heterocycles. The van der Waals surface area contributed by atoms with E-state index in [-0.39, 0.29) is 11.7 Å². The highest BCUT2D eigenvalue weighted by Gasteiger charge is 2.15. The second-order valence-electron chi connectivity index (χ2n) is 4.06. The number of aromatic amines is 1. The van der Waals surface area contributed by atoms with Gasteiger partial charge in [-0.2, -0.15) is 10.2 Å². The van der Waals surface area contributed by atoms with Gasteiger partial charge in [-0.15, -0.1) is 0 Å². The number of nitrogens with two attached hydrogens (primary N) is 1. The third-order valence-electron chi connectivity index (χ3n) is 2.79. The van der Waals surface area contributed by atoms with Gasteiger partial charge in [0.25, 0.3) is 5.91 Å². The predicted molar refractivity (Wildman–Crippen MR) is 67.0 cm³/mol. The van der Waals surface area contributed by atoms with Gasteiger partial charge in [0, 0.05) is 37.6 Å². The van der Waals surface area contributed by atoms with Crippen LogP contribution in [0.4, 0.5) is 5.82 Å². The van der Waals surface area contributed by atoms with Crippen molar-refractivity contribution in [3.8, 4) is 0 Å². The Morgan fingerprint density at radius 1 is 1.61 bits per heavy atom. The summed E-state index contributed by atoms with van der Waals surface area (Å²) < 4.78 is 1.78. The van der Waals surface area contributed by atoms with Crippen LogP contribution in [0.5, 0.6) is 0 Å². The minimum Gasteiger partial charge on any atom is -0.382 e. The van der Waals surface area contributed by atoms with Crippen molar-refractivity contribution < 1.29 is 4.79 Å². The summed E-state index contributed by atoms with van der Waals surface area (Å²) >= 11 is 0. The number of aromatic nitrogens is 4. The standard InChI is InChI=1S/C11H16N6O/c1-7-9(10(12)16-15-7)11(18)13-5-3-8-4-6-14-17(8)2/h4,6H,3,5H2,1-2H3,(H,13,18)(H3,12,15,16). The number of carbonyl (C=O) groups is 1. The monoisotopic (exact) mass is 248 g/mol. The molecule has 2 aromatic heterocycles. The Labute approximate surface area is 104 Å². The lowest BCUT2D eigenvalue weighted by atomic mass is 10.2. The normalized spacial score (nSPS) is 10.6. The van der Waals surface area contributed by atoms with E-state index in [2.05, 4.69) is 20.6 Å². The van der Waals surface area contributed by atoms with Gasteiger partial charge in [-0.25, -0.2) is 0 Å². The zero-order chi connectivity index (χ0) is 13.1. The molecule has 2 aromatic rings. The molecule has 96 valence electrons. The molecule has 0 bridgehead atoms. The van der Waals surface area contributed by atoms with Gasteiger partial charge < -0.3 is 11.1 Å². The number of amides is 1. The van der Waals surface area contributed by atoms with Gasteiger partial charge in [-0.3, -0.25) is 14.6 Å². The molecule has 7 nitrogen and oxygen atoms in total. The third-order valence-corrected chi connectivity index (χ3v) is 2.79. The van der Waals surface area contributed by atoms with Gasteiger partial charge in [0.05, 0.1) is 0 Å². The van der Waals surface area contributed by atoms with Crippen molar-refractivity contribution in [3.63, 3.8) is 0 Å². The van der Waals surface area contributed by atoms with Gasteiger partial charge >= 0.3 is 0 Å². The fourth-order valence-electron chi connectivity index (χ4n) is 1.77. The second-order valence-corrected chi connectivity index (χ2v) is 4.06. The number of nitrogens with zero attached hydrogens (tertiary/aromatic N) is 3. The topological polar surface area (TPSA) is 102 Å². The van der Waals surface area contributed by atoms with Crippen LogP contribution >= 0.6 is 0 Å². The van der Waals surface area contributed by atoms with E-state index in [1.54, 1.807) is 17.8 Å². The van der Waals surface area contributed by atoms with Crippen molar-refractivity contribution in [1.82, 2.24) is 25.3 Å². The largest absolute Gasteiger partial charge is 0.382 e. The summed E-state index contributed by atoms with van der Waals surface area (Å²) in [5.41, 5.74) is 7.77. The van der Waals surface area contributed by atoms with Crippen LogP contribution in [-0.2, 0) is 13.5 Å². The number of hydrogen-bond acceptors (Lipinski definition) is 4. The highest BCUT2D eigenvalue weighted by atomic mass is 16.1. The summed E-state index contributed by atoms with van der Waals surface area (Å²) in [4.78, 5) is 11.9. The first kappa shape index (κ1) is 12.2. The van der Waals surface area contributed by atoms with Crippen LogP contribution in [0.3, 0.4) is 0 Å². The molecule has 0 unspecified atom stereocenters. The van der Waals surface area contributed by atoms with Crippen LogP contribution in [0, 0.1) is 6.92 Å². The third kappa shape index (κ3) is 2.34. The summed E-state index contributed by atoms with van der Waals surface area (Å²) in [6.45, 7) is 2.29. The molecule has 0 aliphatic rings. The maximum atomic E-state index is 11.9. The minimum absolute atomic E-state index is 0.207. The SMILES string of the molecule is Cc1[nH]nc(N)c1C(=O)NCCc1ccnn1C. The van der Waals surface area contributed by atoms with Gasteiger partial charge in [0.1, 0.15) is 5.56 Å². The van der Waals surface area contributed by atoms with E-state index in [0.717, 1.165) is 12.1 Å². The van der Waals surface area contributed by atoms with Crippen LogP contribution in [0.1, 0.15) is 21.7 Å². The van der Waals surface area contributed by atoms with E-state index < -0.39 is 0 Å². The molecule has 0 fully saturated rings. The number of aryl methyl sites for hydroxylation is 2. The summed E-state index contributed by atoms with van der Waals surface area (Å²) in [6.07, 6.45) is 2.45. The fraction of sp³-hybridized carbons (Fsp3) is 0.364. The van der Waals surface area contributed by atoms with Gasteiger partial charge in [0.2, 0.25) is 0 Å². The van der Waals surface area contributed by atoms with E-state index in [4.69, 9.17) is 5.73 Å². The van der Waals surface area contributed by atoms with Gasteiger partial charge in [-0.05, 0) is 13.0 Å². The van der Waals surface area contributed by atoms with Crippen LogP contribution in [0.15, 0.2) is 12.3 Å². The average molecular weight is 248 g/mol. The molecule has 2 rings (SSSR count). The maximum Gasteiger partial charge on any atom is 0.256 e. The highest BCUT2D eigenvalue weighted by Crippen LogP contribution is 2.11. The Kier molecular flexibility index (Phi) is 3.31. The molecule has 0 spiro atoms.